The number of nitrogens with zero attached hydrogens (tertiary/aromatic N) is 4. The zero-order valence-electron chi connectivity index (χ0n) is 23.8. The molecule has 4 rings (SSSR count). The summed E-state index contributed by atoms with van der Waals surface area (Å²) >= 11 is 14.3. The van der Waals surface area contributed by atoms with E-state index in [0.29, 0.717) is 16.3 Å². The first-order valence-electron chi connectivity index (χ1n) is 12.9. The topological polar surface area (TPSA) is 105 Å². The van der Waals surface area contributed by atoms with Crippen LogP contribution in [0.2, 0.25) is 27.6 Å². The molecule has 1 saturated heterocycles. The molecule has 1 amide bonds. The number of thiazole rings is 1. The van der Waals surface area contributed by atoms with E-state index < -0.39 is 30.3 Å². The minimum Gasteiger partial charge on any atom is -0.410 e. The highest BCUT2D eigenvalue weighted by Crippen LogP contribution is 2.38. The van der Waals surface area contributed by atoms with Crippen molar-refractivity contribution in [2.24, 2.45) is 13.0 Å². The molecule has 1 aliphatic rings. The minimum absolute atomic E-state index is 0.0260. The molecular weight excluding hydrogens is 615 g/mol. The third-order valence-corrected chi connectivity index (χ3v) is 14.9. The number of carbonyl (C=O) groups excluding carboxylic acids is 1. The molecule has 15 heteroatoms. The molecule has 0 N–H and O–H groups in total. The largest absolute Gasteiger partial charge is 0.410 e. The Labute approximate surface area is 250 Å². The van der Waals surface area contributed by atoms with Crippen molar-refractivity contribution in [1.82, 2.24) is 18.8 Å². The second-order valence-corrected chi connectivity index (χ2v) is 19.7. The van der Waals surface area contributed by atoms with Crippen LogP contribution in [0.25, 0.3) is 10.2 Å². The van der Waals surface area contributed by atoms with Gasteiger partial charge in [-0.1, -0.05) is 69.2 Å². The average Bonchev–Trinajstić information content (AvgIpc) is 3.52. The number of hydroxylamine groups is 2. The fourth-order valence-corrected chi connectivity index (χ4v) is 8.09. The molecule has 0 spiro atoms. The van der Waals surface area contributed by atoms with E-state index in [1.165, 1.54) is 21.2 Å². The first kappa shape index (κ1) is 31.2. The van der Waals surface area contributed by atoms with E-state index >= 15 is 0 Å². The van der Waals surface area contributed by atoms with Crippen LogP contribution < -0.4 is 16.1 Å². The fraction of sp³-hybridized carbons (Fsp3) is 0.600. The van der Waals surface area contributed by atoms with E-state index in [9.17, 15) is 19.2 Å². The number of hydrogen-bond acceptors (Lipinski definition) is 8. The van der Waals surface area contributed by atoms with Crippen molar-refractivity contribution >= 4 is 70.3 Å². The van der Waals surface area contributed by atoms with Gasteiger partial charge in [-0.05, 0) is 24.1 Å². The molecule has 3 aromatic rings. The first-order chi connectivity index (χ1) is 18.4. The molecule has 1 aliphatic heterocycles. The maximum Gasteiger partial charge on any atom is 0.331 e. The quantitative estimate of drug-likeness (QED) is 0.342. The van der Waals surface area contributed by atoms with E-state index in [-0.39, 0.29) is 57.2 Å². The monoisotopic (exact) mass is 648 g/mol. The summed E-state index contributed by atoms with van der Waals surface area (Å²) in [6.07, 6.45) is -0.326. The van der Waals surface area contributed by atoms with E-state index in [4.69, 9.17) is 32.5 Å². The third kappa shape index (κ3) is 5.66. The Morgan fingerprint density at radius 3 is 2.35 bits per heavy atom. The van der Waals surface area contributed by atoms with E-state index in [1.807, 2.05) is 13.8 Å². The summed E-state index contributed by atoms with van der Waals surface area (Å²) < 4.78 is 10.4. The molecule has 1 fully saturated rings. The lowest BCUT2D eigenvalue weighted by Crippen LogP contribution is -2.45. The van der Waals surface area contributed by atoms with Crippen LogP contribution in [0.3, 0.4) is 0 Å². The molecular formula is C25H34Cl2N4O6S2Si. The number of aromatic nitrogens is 3. The molecule has 4 heterocycles. The van der Waals surface area contributed by atoms with Crippen LogP contribution in [0, 0.1) is 5.92 Å². The number of amides is 1. The molecule has 10 nitrogen and oxygen atoms in total. The Balaban J connectivity index is 1.85. The average molecular weight is 650 g/mol. The Morgan fingerprint density at radius 2 is 1.80 bits per heavy atom. The summed E-state index contributed by atoms with van der Waals surface area (Å²) in [4.78, 5) is 59.5. The molecule has 0 bridgehead atoms. The number of thiophene rings is 1. The third-order valence-electron chi connectivity index (χ3n) is 7.38. The summed E-state index contributed by atoms with van der Waals surface area (Å²) in [7, 11) is -0.743. The SMILES string of the molecule is CC(C)Cn1c(=O)n(C)c(=O)c2c(C(=O)N3CC(O[Si](C)(C)C(C)(C)C)CO3)c(Cn3c(Cl)c(Cl)sc3=O)sc21. The lowest BCUT2D eigenvalue weighted by atomic mass is 10.1. The van der Waals surface area contributed by atoms with Crippen LogP contribution >= 0.6 is 45.9 Å². The fourth-order valence-electron chi connectivity index (χ4n) is 4.27. The van der Waals surface area contributed by atoms with Gasteiger partial charge in [-0.15, -0.1) is 11.3 Å². The molecule has 0 radical (unpaired) electrons. The van der Waals surface area contributed by atoms with Gasteiger partial charge in [0.2, 0.25) is 0 Å². The van der Waals surface area contributed by atoms with E-state index in [1.54, 1.807) is 0 Å². The van der Waals surface area contributed by atoms with Gasteiger partial charge >= 0.3 is 10.6 Å². The number of hydrogen-bond donors (Lipinski definition) is 0. The Kier molecular flexibility index (Phi) is 8.70. The zero-order valence-corrected chi connectivity index (χ0v) is 27.9. The zero-order chi connectivity index (χ0) is 29.9. The van der Waals surface area contributed by atoms with Crippen LogP contribution in [-0.2, 0) is 29.4 Å². The van der Waals surface area contributed by atoms with Crippen molar-refractivity contribution in [3.05, 3.63) is 50.4 Å². The molecule has 220 valence electrons. The molecule has 1 unspecified atom stereocenters. The predicted octanol–water partition coefficient (Wildman–Crippen LogP) is 4.77. The van der Waals surface area contributed by atoms with Gasteiger partial charge in [0.05, 0.1) is 30.1 Å². The van der Waals surface area contributed by atoms with Gasteiger partial charge in [0.1, 0.15) is 20.9 Å². The van der Waals surface area contributed by atoms with Gasteiger partial charge in [0, 0.05) is 18.5 Å². The summed E-state index contributed by atoms with van der Waals surface area (Å²) in [5.41, 5.74) is -0.996. The Hall–Kier alpha value is -1.74. The standard InChI is InChI=1S/C25H34Cl2N4O6S2Si/c1-13(2)9-30-22-17(20(32)28(6)23(30)34)16(15(38-22)11-29-18(26)19(27)39-24(29)35)21(33)31-10-14(12-36-31)37-40(7,8)25(3,4)5/h13-14H,9-12H2,1-8H3. The van der Waals surface area contributed by atoms with Gasteiger partial charge in [0.15, 0.2) is 8.32 Å². The van der Waals surface area contributed by atoms with Crippen LogP contribution in [-0.4, -0.2) is 52.2 Å². The maximum atomic E-state index is 14.1. The number of rotatable bonds is 7. The van der Waals surface area contributed by atoms with Crippen LogP contribution in [0.5, 0.6) is 0 Å². The highest BCUT2D eigenvalue weighted by Gasteiger charge is 2.42. The van der Waals surface area contributed by atoms with E-state index in [0.717, 1.165) is 27.2 Å². The highest BCUT2D eigenvalue weighted by molar-refractivity contribution is 7.19. The van der Waals surface area contributed by atoms with Crippen molar-refractivity contribution in [1.29, 1.82) is 0 Å². The Bertz CT molecular complexity index is 1650. The minimum atomic E-state index is -2.13. The lowest BCUT2D eigenvalue weighted by molar-refractivity contribution is -0.0777. The number of fused-ring (bicyclic) bond motifs is 1. The highest BCUT2D eigenvalue weighted by atomic mass is 35.5. The number of carbonyl (C=O) groups is 1. The van der Waals surface area contributed by atoms with Crippen LogP contribution in [0.15, 0.2) is 14.4 Å². The van der Waals surface area contributed by atoms with Gasteiger partial charge in [-0.3, -0.25) is 32.9 Å². The summed E-state index contributed by atoms with van der Waals surface area (Å²) in [5, 5.41) is 1.34. The van der Waals surface area contributed by atoms with E-state index in [2.05, 4.69) is 33.9 Å². The number of halogens is 2. The molecule has 3 aromatic heterocycles. The van der Waals surface area contributed by atoms with Crippen molar-refractivity contribution in [3.63, 3.8) is 0 Å². The summed E-state index contributed by atoms with van der Waals surface area (Å²) in [6, 6.07) is 0. The van der Waals surface area contributed by atoms with Crippen LogP contribution in [0.4, 0.5) is 0 Å². The molecule has 40 heavy (non-hydrogen) atoms. The molecule has 0 aromatic carbocycles. The van der Waals surface area contributed by atoms with Gasteiger partial charge in [-0.25, -0.2) is 9.86 Å². The second-order valence-electron chi connectivity index (χ2n) is 11.9. The molecule has 0 saturated carbocycles. The second kappa shape index (κ2) is 11.2. The van der Waals surface area contributed by atoms with Gasteiger partial charge in [0.25, 0.3) is 11.5 Å². The predicted molar refractivity (Wildman–Crippen MR) is 163 cm³/mol. The smallest absolute Gasteiger partial charge is 0.331 e. The van der Waals surface area contributed by atoms with Gasteiger partial charge < -0.3 is 4.43 Å². The van der Waals surface area contributed by atoms with Crippen molar-refractivity contribution in [3.8, 4) is 0 Å². The van der Waals surface area contributed by atoms with Crippen LogP contribution in [0.1, 0.15) is 49.9 Å². The molecule has 1 atom stereocenters. The van der Waals surface area contributed by atoms with Gasteiger partial charge in [-0.2, -0.15) is 0 Å². The lowest BCUT2D eigenvalue weighted by Gasteiger charge is -2.37. The van der Waals surface area contributed by atoms with Crippen molar-refractivity contribution < 1.29 is 14.1 Å². The van der Waals surface area contributed by atoms with Crippen molar-refractivity contribution in [2.75, 3.05) is 13.2 Å². The Morgan fingerprint density at radius 1 is 1.15 bits per heavy atom. The maximum absolute atomic E-state index is 14.1. The summed E-state index contributed by atoms with van der Waals surface area (Å²) in [6.45, 7) is 15.2. The first-order valence-corrected chi connectivity index (χ1v) is 18.2. The van der Waals surface area contributed by atoms with Crippen molar-refractivity contribution in [2.45, 2.75) is 71.9 Å². The normalized spacial score (nSPS) is 16.6. The summed E-state index contributed by atoms with van der Waals surface area (Å²) in [5.74, 6) is -0.453. The molecule has 0 aliphatic carbocycles.